The predicted molar refractivity (Wildman–Crippen MR) is 119 cm³/mol. The van der Waals surface area contributed by atoms with Gasteiger partial charge in [-0.05, 0) is 36.4 Å². The van der Waals surface area contributed by atoms with Gasteiger partial charge in [0.25, 0.3) is 5.91 Å². The van der Waals surface area contributed by atoms with Crippen LogP contribution in [0.4, 0.5) is 17.1 Å². The van der Waals surface area contributed by atoms with E-state index in [0.29, 0.717) is 11.4 Å². The number of hydrogen-bond donors (Lipinski definition) is 2. The summed E-state index contributed by atoms with van der Waals surface area (Å²) in [6, 6.07) is 22.9. The molecule has 2 N–H and O–H groups in total. The monoisotopic (exact) mass is 391 g/mol. The maximum atomic E-state index is 12.8. The number of amides is 1. The van der Waals surface area contributed by atoms with Crippen LogP contribution in [-0.2, 0) is 0 Å². The highest BCUT2D eigenvalue weighted by Gasteiger charge is 2.11. The molecule has 6 heteroatoms. The lowest BCUT2D eigenvalue weighted by Gasteiger charge is -2.11. The Balaban J connectivity index is 1.42. The molecule has 30 heavy (non-hydrogen) atoms. The minimum Gasteiger partial charge on any atom is -0.354 e. The highest BCUT2D eigenvalue weighted by Crippen LogP contribution is 2.25. The first-order chi connectivity index (χ1) is 14.8. The number of carbonyl (C=O) groups excluding carboxylic acids is 1. The van der Waals surface area contributed by atoms with Crippen molar-refractivity contribution in [2.45, 2.75) is 0 Å². The third-order valence-corrected chi connectivity index (χ3v) is 4.79. The fourth-order valence-corrected chi connectivity index (χ4v) is 3.38. The van der Waals surface area contributed by atoms with Crippen LogP contribution in [0.15, 0.2) is 91.4 Å². The zero-order chi connectivity index (χ0) is 20.3. The fraction of sp³-hybridized carbons (Fsp3) is 0. The van der Waals surface area contributed by atoms with Crippen LogP contribution in [0.5, 0.6) is 0 Å². The van der Waals surface area contributed by atoms with Crippen LogP contribution in [0.1, 0.15) is 10.5 Å². The maximum Gasteiger partial charge on any atom is 0.274 e. The van der Waals surface area contributed by atoms with Crippen LogP contribution >= 0.6 is 0 Å². The highest BCUT2D eigenvalue weighted by atomic mass is 16.1. The Morgan fingerprint density at radius 3 is 2.03 bits per heavy atom. The molecule has 6 nitrogen and oxygen atoms in total. The Morgan fingerprint density at radius 1 is 0.667 bits per heavy atom. The van der Waals surface area contributed by atoms with E-state index in [9.17, 15) is 4.79 Å². The first kappa shape index (κ1) is 17.8. The van der Waals surface area contributed by atoms with Crippen molar-refractivity contribution in [1.82, 2.24) is 15.0 Å². The van der Waals surface area contributed by atoms with Gasteiger partial charge in [0.15, 0.2) is 0 Å². The summed E-state index contributed by atoms with van der Waals surface area (Å²) < 4.78 is 0. The van der Waals surface area contributed by atoms with Crippen molar-refractivity contribution in [3.8, 4) is 0 Å². The summed E-state index contributed by atoms with van der Waals surface area (Å²) in [6.07, 6.45) is 5.08. The van der Waals surface area contributed by atoms with Crippen molar-refractivity contribution < 1.29 is 4.79 Å². The molecule has 0 radical (unpaired) electrons. The lowest BCUT2D eigenvalue weighted by molar-refractivity contribution is 0.102. The van der Waals surface area contributed by atoms with Gasteiger partial charge in [0.2, 0.25) is 0 Å². The van der Waals surface area contributed by atoms with Gasteiger partial charge in [0, 0.05) is 35.1 Å². The number of anilines is 3. The molecule has 144 valence electrons. The topological polar surface area (TPSA) is 79.8 Å². The number of fused-ring (bicyclic) bond motifs is 2. The van der Waals surface area contributed by atoms with E-state index in [1.54, 1.807) is 24.7 Å². The van der Waals surface area contributed by atoms with Gasteiger partial charge in [-0.25, -0.2) is 0 Å². The number of hydrogen-bond acceptors (Lipinski definition) is 5. The maximum absolute atomic E-state index is 12.8. The molecule has 3 aromatic heterocycles. The normalized spacial score (nSPS) is 10.8. The molecule has 0 unspecified atom stereocenters. The van der Waals surface area contributed by atoms with Gasteiger partial charge in [0.05, 0.1) is 22.4 Å². The average Bonchev–Trinajstić information content (AvgIpc) is 2.80. The van der Waals surface area contributed by atoms with Crippen LogP contribution < -0.4 is 10.6 Å². The highest BCUT2D eigenvalue weighted by molar-refractivity contribution is 6.07. The van der Waals surface area contributed by atoms with Crippen LogP contribution in [0, 0.1) is 0 Å². The third kappa shape index (κ3) is 3.42. The largest absolute Gasteiger partial charge is 0.354 e. The standard InChI is InChI=1S/C24H17N5O/c30-24(29-20-10-2-6-17-8-4-13-27-23(17)20)21-15-18(11-14-25-21)28-19-9-1-5-16-7-3-12-26-22(16)19/h1-15H,(H,25,28)(H,29,30). The summed E-state index contributed by atoms with van der Waals surface area (Å²) in [6.45, 7) is 0. The number of para-hydroxylation sites is 2. The van der Waals surface area contributed by atoms with Gasteiger partial charge in [-0.2, -0.15) is 0 Å². The van der Waals surface area contributed by atoms with E-state index in [4.69, 9.17) is 0 Å². The molecular formula is C24H17N5O. The van der Waals surface area contributed by atoms with Crippen LogP contribution in [0.2, 0.25) is 0 Å². The van der Waals surface area contributed by atoms with E-state index in [-0.39, 0.29) is 5.91 Å². The zero-order valence-corrected chi connectivity index (χ0v) is 15.9. The SMILES string of the molecule is O=C(Nc1cccc2cccnc12)c1cc(Nc2cccc3cccnc23)ccn1. The molecule has 0 saturated heterocycles. The number of pyridine rings is 3. The summed E-state index contributed by atoms with van der Waals surface area (Å²) in [4.78, 5) is 25.9. The molecule has 0 aliphatic carbocycles. The van der Waals surface area contributed by atoms with E-state index >= 15 is 0 Å². The van der Waals surface area contributed by atoms with Crippen LogP contribution in [0.3, 0.4) is 0 Å². The molecule has 5 rings (SSSR count). The number of carbonyl (C=O) groups is 1. The molecule has 0 aliphatic rings. The van der Waals surface area contributed by atoms with Gasteiger partial charge >= 0.3 is 0 Å². The molecule has 3 heterocycles. The van der Waals surface area contributed by atoms with Crippen molar-refractivity contribution in [2.75, 3.05) is 10.6 Å². The number of nitrogens with zero attached hydrogens (tertiary/aromatic N) is 3. The molecule has 0 aliphatic heterocycles. The fourth-order valence-electron chi connectivity index (χ4n) is 3.38. The number of aromatic nitrogens is 3. The van der Waals surface area contributed by atoms with E-state index < -0.39 is 0 Å². The Kier molecular flexibility index (Phi) is 4.50. The molecule has 0 bridgehead atoms. The number of rotatable bonds is 4. The quantitative estimate of drug-likeness (QED) is 0.442. The van der Waals surface area contributed by atoms with Crippen LogP contribution in [0.25, 0.3) is 21.8 Å². The lowest BCUT2D eigenvalue weighted by atomic mass is 10.2. The molecule has 1 amide bonds. The Labute approximate surface area is 172 Å². The summed E-state index contributed by atoms with van der Waals surface area (Å²) in [5, 5.41) is 8.26. The molecule has 5 aromatic rings. The minimum absolute atomic E-state index is 0.298. The van der Waals surface area contributed by atoms with E-state index in [1.165, 1.54) is 0 Å². The van der Waals surface area contributed by atoms with Gasteiger partial charge in [-0.15, -0.1) is 0 Å². The molecule has 0 spiro atoms. The Hall–Kier alpha value is -4.32. The number of nitrogens with one attached hydrogen (secondary N) is 2. The average molecular weight is 391 g/mol. The number of benzene rings is 2. The molecular weight excluding hydrogens is 374 g/mol. The summed E-state index contributed by atoms with van der Waals surface area (Å²) >= 11 is 0. The van der Waals surface area contributed by atoms with Gasteiger partial charge in [-0.1, -0.05) is 36.4 Å². The zero-order valence-electron chi connectivity index (χ0n) is 15.9. The minimum atomic E-state index is -0.298. The second kappa shape index (κ2) is 7.60. The second-order valence-electron chi connectivity index (χ2n) is 6.77. The van der Waals surface area contributed by atoms with Gasteiger partial charge in [-0.3, -0.25) is 19.7 Å². The second-order valence-corrected chi connectivity index (χ2v) is 6.77. The first-order valence-electron chi connectivity index (χ1n) is 9.50. The van der Waals surface area contributed by atoms with E-state index in [1.807, 2.05) is 66.7 Å². The van der Waals surface area contributed by atoms with Gasteiger partial charge in [0.1, 0.15) is 5.69 Å². The first-order valence-corrected chi connectivity index (χ1v) is 9.50. The van der Waals surface area contributed by atoms with Crippen molar-refractivity contribution in [2.24, 2.45) is 0 Å². The molecule has 0 fully saturated rings. The predicted octanol–water partition coefficient (Wildman–Crippen LogP) is 5.17. The van der Waals surface area contributed by atoms with Crippen LogP contribution in [-0.4, -0.2) is 20.9 Å². The summed E-state index contributed by atoms with van der Waals surface area (Å²) in [5.41, 5.74) is 4.18. The van der Waals surface area contributed by atoms with Crippen molar-refractivity contribution in [1.29, 1.82) is 0 Å². The summed E-state index contributed by atoms with van der Waals surface area (Å²) in [5.74, 6) is -0.298. The Bertz CT molecular complexity index is 1370. The summed E-state index contributed by atoms with van der Waals surface area (Å²) in [7, 11) is 0. The third-order valence-electron chi connectivity index (χ3n) is 4.79. The lowest BCUT2D eigenvalue weighted by Crippen LogP contribution is -2.14. The van der Waals surface area contributed by atoms with Crippen molar-refractivity contribution in [3.05, 3.63) is 97.1 Å². The van der Waals surface area contributed by atoms with Crippen molar-refractivity contribution >= 4 is 44.8 Å². The van der Waals surface area contributed by atoms with E-state index in [0.717, 1.165) is 33.2 Å². The smallest absolute Gasteiger partial charge is 0.274 e. The van der Waals surface area contributed by atoms with E-state index in [2.05, 4.69) is 25.6 Å². The van der Waals surface area contributed by atoms with Gasteiger partial charge < -0.3 is 10.6 Å². The van der Waals surface area contributed by atoms with Crippen molar-refractivity contribution in [3.63, 3.8) is 0 Å². The molecule has 0 saturated carbocycles. The molecule has 2 aromatic carbocycles. The Morgan fingerprint density at radius 2 is 1.30 bits per heavy atom. The molecule has 0 atom stereocenters.